The first-order valence-corrected chi connectivity index (χ1v) is 7.89. The van der Waals surface area contributed by atoms with Crippen LogP contribution in [0.15, 0.2) is 0 Å². The maximum absolute atomic E-state index is 13.4. The van der Waals surface area contributed by atoms with Gasteiger partial charge in [-0.3, -0.25) is 0 Å². The van der Waals surface area contributed by atoms with Crippen molar-refractivity contribution in [2.45, 2.75) is 0 Å². The molecule has 24 heavy (non-hydrogen) atoms. The van der Waals surface area contributed by atoms with E-state index in [0.29, 0.717) is 0 Å². The molecule has 0 nitrogen and oxygen atoms in total. The molecule has 0 radical (unpaired) electrons. The first-order chi connectivity index (χ1) is 10.6. The predicted octanol–water partition coefficient (Wildman–Crippen LogP) is -0.263. The van der Waals surface area contributed by atoms with E-state index in [1.165, 1.54) is 0 Å². The molecule has 0 amide bonds. The Bertz CT molecular complexity index is 697. The summed E-state index contributed by atoms with van der Waals surface area (Å²) >= 11 is -3.45. The van der Waals surface area contributed by atoms with E-state index in [0.717, 1.165) is 0 Å². The molecule has 0 aliphatic rings. The summed E-state index contributed by atoms with van der Waals surface area (Å²) < 4.78 is 128. The summed E-state index contributed by atoms with van der Waals surface area (Å²) in [6.45, 7) is 0. The van der Waals surface area contributed by atoms with Gasteiger partial charge in [0.15, 0.2) is 0 Å². The average molecular weight is 439 g/mol. The van der Waals surface area contributed by atoms with Gasteiger partial charge in [0.05, 0.1) is 0 Å². The van der Waals surface area contributed by atoms with Crippen LogP contribution in [0.3, 0.4) is 0 Å². The Morgan fingerprint density at radius 2 is 0.500 bits per heavy atom. The number of hydrogen-bond donors (Lipinski definition) is 0. The molecular formula is C12ClF10Ga. The third-order valence-electron chi connectivity index (χ3n) is 2.78. The van der Waals surface area contributed by atoms with Crippen molar-refractivity contribution in [3.8, 4) is 0 Å². The van der Waals surface area contributed by atoms with Gasteiger partial charge in [0, 0.05) is 0 Å². The maximum Gasteiger partial charge on any atom is -1.00 e. The van der Waals surface area contributed by atoms with Gasteiger partial charge in [-0.1, -0.05) is 0 Å². The second kappa shape index (κ2) is 7.27. The van der Waals surface area contributed by atoms with Gasteiger partial charge in [0.25, 0.3) is 0 Å². The summed E-state index contributed by atoms with van der Waals surface area (Å²) in [7, 11) is 0. The molecule has 0 N–H and O–H groups in total. The van der Waals surface area contributed by atoms with Crippen LogP contribution >= 0.6 is 0 Å². The Labute approximate surface area is 140 Å². The van der Waals surface area contributed by atoms with Crippen LogP contribution in [0, 0.1) is 58.2 Å². The van der Waals surface area contributed by atoms with Gasteiger partial charge in [-0.15, -0.1) is 0 Å². The molecule has 0 fully saturated rings. The minimum Gasteiger partial charge on any atom is -1.00 e. The molecule has 0 spiro atoms. The largest absolute Gasteiger partial charge is 1.00 e. The van der Waals surface area contributed by atoms with E-state index in [1.54, 1.807) is 0 Å². The first-order valence-electron chi connectivity index (χ1n) is 5.47. The summed E-state index contributed by atoms with van der Waals surface area (Å²) in [5, 5.41) is 0. The molecule has 0 atom stereocenters. The van der Waals surface area contributed by atoms with Gasteiger partial charge in [0.1, 0.15) is 0 Å². The van der Waals surface area contributed by atoms with Crippen molar-refractivity contribution in [2.75, 3.05) is 0 Å². The zero-order valence-electron chi connectivity index (χ0n) is 10.7. The monoisotopic (exact) mass is 438 g/mol. The van der Waals surface area contributed by atoms with Crippen LogP contribution < -0.4 is 20.6 Å². The van der Waals surface area contributed by atoms with Gasteiger partial charge in [0.2, 0.25) is 0 Å². The fourth-order valence-corrected chi connectivity index (χ4v) is 4.37. The molecule has 0 heterocycles. The molecule has 0 bridgehead atoms. The second-order valence-corrected chi connectivity index (χ2v) is 7.14. The third-order valence-corrected chi connectivity index (χ3v) is 6.11. The molecule has 0 saturated carbocycles. The van der Waals surface area contributed by atoms with Gasteiger partial charge in [-0.05, 0) is 0 Å². The first kappa shape index (κ1) is 20.7. The predicted molar refractivity (Wildman–Crippen MR) is 57.5 cm³/mol. The number of rotatable bonds is 2. The van der Waals surface area contributed by atoms with Crippen LogP contribution in [0.5, 0.6) is 0 Å². The number of benzene rings is 2. The molecule has 0 unspecified atom stereocenters. The van der Waals surface area contributed by atoms with E-state index < -0.39 is 83.8 Å². The zero-order valence-corrected chi connectivity index (χ0v) is 13.9. The van der Waals surface area contributed by atoms with E-state index >= 15 is 0 Å². The number of halogens is 11. The molecule has 2 rings (SSSR count). The molecule has 2 aromatic carbocycles. The molecule has 0 aromatic heterocycles. The third kappa shape index (κ3) is 3.11. The van der Waals surface area contributed by atoms with E-state index in [-0.39, 0.29) is 12.4 Å². The van der Waals surface area contributed by atoms with Gasteiger partial charge >= 0.3 is 128 Å². The molecule has 0 saturated heterocycles. The zero-order chi connectivity index (χ0) is 17.6. The van der Waals surface area contributed by atoms with Crippen molar-refractivity contribution in [3.05, 3.63) is 58.2 Å². The van der Waals surface area contributed by atoms with Crippen LogP contribution in [-0.2, 0) is 0 Å². The second-order valence-electron chi connectivity index (χ2n) is 4.11. The molecule has 12 heteroatoms. The van der Waals surface area contributed by atoms with Crippen molar-refractivity contribution in [2.24, 2.45) is 0 Å². The van der Waals surface area contributed by atoms with Crippen LogP contribution in [0.4, 0.5) is 43.9 Å². The average Bonchev–Trinajstić information content (AvgIpc) is 2.54. The standard InChI is InChI=1S/2C6F5.ClH.Ga/c2*7-2-1-3(8)5(10)6(11)4(2)9;;/h;;1H;/q;;;+1/p-1. The van der Waals surface area contributed by atoms with Crippen LogP contribution in [0.25, 0.3) is 0 Å². The Kier molecular flexibility index (Phi) is 6.28. The molecule has 2 aromatic rings. The summed E-state index contributed by atoms with van der Waals surface area (Å²) in [6, 6.07) is 0. The van der Waals surface area contributed by atoms with Crippen molar-refractivity contribution < 1.29 is 56.3 Å². The smallest absolute Gasteiger partial charge is 1.00 e. The van der Waals surface area contributed by atoms with Gasteiger partial charge < -0.3 is 12.4 Å². The molecule has 0 aliphatic carbocycles. The molecular weight excluding hydrogens is 439 g/mol. The van der Waals surface area contributed by atoms with Crippen molar-refractivity contribution in [1.29, 1.82) is 0 Å². The summed E-state index contributed by atoms with van der Waals surface area (Å²) in [5.41, 5.74) is 0. The minimum absolute atomic E-state index is 0. The minimum atomic E-state index is -3.45. The summed E-state index contributed by atoms with van der Waals surface area (Å²) in [6.07, 6.45) is 0. The van der Waals surface area contributed by atoms with Crippen molar-refractivity contribution >= 4 is 25.6 Å². The van der Waals surface area contributed by atoms with Crippen molar-refractivity contribution in [3.63, 3.8) is 0 Å². The van der Waals surface area contributed by atoms with Gasteiger partial charge in [-0.2, -0.15) is 0 Å². The van der Waals surface area contributed by atoms with Crippen LogP contribution in [-0.4, -0.2) is 17.4 Å². The van der Waals surface area contributed by atoms with Crippen molar-refractivity contribution in [1.82, 2.24) is 0 Å². The van der Waals surface area contributed by atoms with E-state index in [1.807, 2.05) is 0 Å². The Balaban J connectivity index is 0.00000288. The van der Waals surface area contributed by atoms with E-state index in [9.17, 15) is 43.9 Å². The quantitative estimate of drug-likeness (QED) is 0.262. The normalized spacial score (nSPS) is 10.4. The SMILES string of the molecule is Fc1c(F)c(F)[c]([Ga+][c]2c(F)c(F)c(F)c(F)c2F)c(F)c1F.[Cl-]. The van der Waals surface area contributed by atoms with E-state index in [4.69, 9.17) is 0 Å². The maximum atomic E-state index is 13.4. The summed E-state index contributed by atoms with van der Waals surface area (Å²) in [4.78, 5) is 0. The Hall–Kier alpha value is -1.33. The molecule has 0 aliphatic heterocycles. The fraction of sp³-hybridized carbons (Fsp3) is 0. The summed E-state index contributed by atoms with van der Waals surface area (Å²) in [5.74, 6) is -24.0. The fourth-order valence-electron chi connectivity index (χ4n) is 1.64. The Morgan fingerprint density at radius 1 is 0.333 bits per heavy atom. The molecule has 128 valence electrons. The Morgan fingerprint density at radius 3 is 0.708 bits per heavy atom. The van der Waals surface area contributed by atoms with E-state index in [2.05, 4.69) is 0 Å². The van der Waals surface area contributed by atoms with Gasteiger partial charge in [-0.25, -0.2) is 0 Å². The van der Waals surface area contributed by atoms with Crippen LogP contribution in [0.2, 0.25) is 0 Å². The van der Waals surface area contributed by atoms with Crippen LogP contribution in [0.1, 0.15) is 0 Å². The number of hydrogen-bond acceptors (Lipinski definition) is 0. The topological polar surface area (TPSA) is 0 Å².